The Hall–Kier alpha value is -1.56. The average Bonchev–Trinajstić information content (AvgIpc) is 3.07. The van der Waals surface area contributed by atoms with Crippen LogP contribution in [0, 0.1) is 5.41 Å². The molecule has 0 amide bonds. The first-order chi connectivity index (χ1) is 8.67. The Morgan fingerprint density at radius 3 is 2.56 bits per heavy atom. The second kappa shape index (κ2) is 5.39. The van der Waals surface area contributed by atoms with E-state index in [0.29, 0.717) is 0 Å². The molecule has 0 aliphatic heterocycles. The molecule has 0 saturated heterocycles. The minimum atomic E-state index is 0.246. The van der Waals surface area contributed by atoms with Crippen molar-refractivity contribution in [3.05, 3.63) is 6.07 Å². The molecular formula is C12H21N5O. The van der Waals surface area contributed by atoms with E-state index in [1.807, 2.05) is 13.0 Å². The summed E-state index contributed by atoms with van der Waals surface area (Å²) >= 11 is 0. The highest BCUT2D eigenvalue weighted by Crippen LogP contribution is 2.48. The van der Waals surface area contributed by atoms with Crippen LogP contribution in [-0.4, -0.2) is 34.8 Å². The van der Waals surface area contributed by atoms with Crippen molar-refractivity contribution >= 4 is 17.6 Å². The summed E-state index contributed by atoms with van der Waals surface area (Å²) in [4.78, 5) is 8.26. The molecule has 1 saturated carbocycles. The third kappa shape index (κ3) is 3.22. The fourth-order valence-corrected chi connectivity index (χ4v) is 2.04. The molecular weight excluding hydrogens is 230 g/mol. The number of nitrogens with zero attached hydrogens (tertiary/aromatic N) is 2. The average molecular weight is 251 g/mol. The quantitative estimate of drug-likeness (QED) is 0.579. The van der Waals surface area contributed by atoms with Crippen LogP contribution in [0.3, 0.4) is 0 Å². The fraction of sp³-hybridized carbons (Fsp3) is 0.667. The van der Waals surface area contributed by atoms with Gasteiger partial charge in [0.25, 0.3) is 0 Å². The van der Waals surface area contributed by atoms with Gasteiger partial charge < -0.3 is 21.5 Å². The third-order valence-electron chi connectivity index (χ3n) is 3.35. The van der Waals surface area contributed by atoms with Crippen molar-refractivity contribution in [2.45, 2.75) is 26.2 Å². The van der Waals surface area contributed by atoms with Crippen LogP contribution in [-0.2, 0) is 0 Å². The lowest BCUT2D eigenvalue weighted by Crippen LogP contribution is -2.18. The van der Waals surface area contributed by atoms with Gasteiger partial charge in [0.1, 0.15) is 11.6 Å². The van der Waals surface area contributed by atoms with Crippen molar-refractivity contribution < 1.29 is 5.11 Å². The number of nitrogens with one attached hydrogen (secondary N) is 2. The highest BCUT2D eigenvalue weighted by atomic mass is 16.3. The van der Waals surface area contributed by atoms with Crippen LogP contribution in [0.2, 0.25) is 0 Å². The van der Waals surface area contributed by atoms with Crippen molar-refractivity contribution in [3.8, 4) is 0 Å². The van der Waals surface area contributed by atoms with E-state index < -0.39 is 0 Å². The summed E-state index contributed by atoms with van der Waals surface area (Å²) in [5.41, 5.74) is 5.92. The second-order valence-corrected chi connectivity index (χ2v) is 4.85. The summed E-state index contributed by atoms with van der Waals surface area (Å²) in [7, 11) is 0. The van der Waals surface area contributed by atoms with Gasteiger partial charge in [0.05, 0.1) is 0 Å². The largest absolute Gasteiger partial charge is 0.396 e. The molecule has 0 radical (unpaired) electrons. The lowest BCUT2D eigenvalue weighted by molar-refractivity contribution is 0.253. The molecule has 0 spiro atoms. The molecule has 18 heavy (non-hydrogen) atoms. The topological polar surface area (TPSA) is 96.1 Å². The predicted octanol–water partition coefficient (Wildman–Crippen LogP) is 1.07. The highest BCUT2D eigenvalue weighted by Gasteiger charge is 2.41. The van der Waals surface area contributed by atoms with Crippen LogP contribution in [0.25, 0.3) is 0 Å². The van der Waals surface area contributed by atoms with Gasteiger partial charge in [-0.1, -0.05) is 0 Å². The zero-order valence-corrected chi connectivity index (χ0v) is 10.7. The normalized spacial score (nSPS) is 16.3. The number of nitrogens with two attached hydrogens (primary N) is 1. The summed E-state index contributed by atoms with van der Waals surface area (Å²) in [6, 6.07) is 1.86. The van der Waals surface area contributed by atoms with Crippen LogP contribution in [0.5, 0.6) is 0 Å². The molecule has 1 aromatic rings. The molecule has 1 aliphatic carbocycles. The molecule has 100 valence electrons. The molecule has 0 bridgehead atoms. The van der Waals surface area contributed by atoms with Crippen molar-refractivity contribution in [1.82, 2.24) is 9.97 Å². The Morgan fingerprint density at radius 1 is 1.33 bits per heavy atom. The molecule has 5 N–H and O–H groups in total. The number of aromatic nitrogens is 2. The zero-order chi connectivity index (χ0) is 13.0. The fourth-order valence-electron chi connectivity index (χ4n) is 2.04. The molecule has 6 nitrogen and oxygen atoms in total. The summed E-state index contributed by atoms with van der Waals surface area (Å²) < 4.78 is 0. The molecule has 0 unspecified atom stereocenters. The summed E-state index contributed by atoms with van der Waals surface area (Å²) in [5.74, 6) is 1.74. The van der Waals surface area contributed by atoms with Gasteiger partial charge in [-0.15, -0.1) is 0 Å². The summed E-state index contributed by atoms with van der Waals surface area (Å²) in [6.45, 7) is 3.88. The third-order valence-corrected chi connectivity index (χ3v) is 3.35. The number of aliphatic hydroxyl groups excluding tert-OH is 1. The number of rotatable bonds is 7. The first kappa shape index (κ1) is 12.9. The molecule has 1 fully saturated rings. The minimum absolute atomic E-state index is 0.246. The number of nitrogen functional groups attached to an aromatic ring is 1. The van der Waals surface area contributed by atoms with Crippen molar-refractivity contribution in [3.63, 3.8) is 0 Å². The first-order valence-electron chi connectivity index (χ1n) is 6.41. The molecule has 6 heteroatoms. The van der Waals surface area contributed by atoms with Crippen LogP contribution >= 0.6 is 0 Å². The Kier molecular flexibility index (Phi) is 3.86. The van der Waals surface area contributed by atoms with Gasteiger partial charge in [-0.2, -0.15) is 9.97 Å². The molecule has 1 heterocycles. The van der Waals surface area contributed by atoms with E-state index in [2.05, 4.69) is 20.6 Å². The predicted molar refractivity (Wildman–Crippen MR) is 72.5 cm³/mol. The zero-order valence-electron chi connectivity index (χ0n) is 10.7. The van der Waals surface area contributed by atoms with Crippen molar-refractivity contribution in [2.24, 2.45) is 5.41 Å². The Bertz CT molecular complexity index is 405. The van der Waals surface area contributed by atoms with Crippen LogP contribution in [0.4, 0.5) is 17.6 Å². The summed E-state index contributed by atoms with van der Waals surface area (Å²) in [6.07, 6.45) is 3.18. The van der Waals surface area contributed by atoms with Crippen molar-refractivity contribution in [2.75, 3.05) is 36.1 Å². The van der Waals surface area contributed by atoms with Crippen LogP contribution in [0.1, 0.15) is 26.2 Å². The van der Waals surface area contributed by atoms with E-state index in [9.17, 15) is 0 Å². The van der Waals surface area contributed by atoms with Gasteiger partial charge in [0, 0.05) is 25.8 Å². The second-order valence-electron chi connectivity index (χ2n) is 4.85. The lowest BCUT2D eigenvalue weighted by atomic mass is 10.0. The first-order valence-corrected chi connectivity index (χ1v) is 6.41. The highest BCUT2D eigenvalue weighted by molar-refractivity contribution is 5.51. The van der Waals surface area contributed by atoms with E-state index >= 15 is 0 Å². The maximum atomic E-state index is 9.01. The van der Waals surface area contributed by atoms with E-state index in [-0.39, 0.29) is 18.0 Å². The van der Waals surface area contributed by atoms with Gasteiger partial charge >= 0.3 is 0 Å². The smallest absolute Gasteiger partial charge is 0.223 e. The lowest BCUT2D eigenvalue weighted by Gasteiger charge is -2.15. The number of anilines is 3. The van der Waals surface area contributed by atoms with Gasteiger partial charge in [-0.25, -0.2) is 0 Å². The van der Waals surface area contributed by atoms with Crippen molar-refractivity contribution in [1.29, 1.82) is 0 Å². The van der Waals surface area contributed by atoms with Gasteiger partial charge in [0.15, 0.2) is 0 Å². The standard InChI is InChI=1S/C12H21N5O/c1-2-14-9-7-10(17-11(13)16-9)15-8-12(3-4-12)5-6-18/h7,18H,2-6,8H2,1H3,(H4,13,14,15,16,17). The van der Waals surface area contributed by atoms with E-state index in [1.54, 1.807) is 0 Å². The minimum Gasteiger partial charge on any atom is -0.396 e. The van der Waals surface area contributed by atoms with E-state index in [4.69, 9.17) is 10.8 Å². The summed E-state index contributed by atoms with van der Waals surface area (Å²) in [5, 5.41) is 15.4. The van der Waals surface area contributed by atoms with Crippen LogP contribution in [0.15, 0.2) is 6.07 Å². The van der Waals surface area contributed by atoms with Gasteiger partial charge in [-0.05, 0) is 31.6 Å². The molecule has 0 aromatic carbocycles. The Balaban J connectivity index is 1.96. The van der Waals surface area contributed by atoms with Crippen LogP contribution < -0.4 is 16.4 Å². The maximum Gasteiger partial charge on any atom is 0.223 e. The van der Waals surface area contributed by atoms with E-state index in [0.717, 1.165) is 31.1 Å². The maximum absolute atomic E-state index is 9.01. The number of hydrogen-bond donors (Lipinski definition) is 4. The number of hydrogen-bond acceptors (Lipinski definition) is 6. The Morgan fingerprint density at radius 2 is 2.00 bits per heavy atom. The SMILES string of the molecule is CCNc1cc(NCC2(CCO)CC2)nc(N)n1. The molecule has 2 rings (SSSR count). The number of aliphatic hydroxyl groups is 1. The monoisotopic (exact) mass is 251 g/mol. The molecule has 1 aliphatic rings. The van der Waals surface area contributed by atoms with E-state index in [1.165, 1.54) is 12.8 Å². The molecule has 1 aromatic heterocycles. The molecule has 0 atom stereocenters. The Labute approximate surface area is 107 Å². The van der Waals surface area contributed by atoms with Gasteiger partial charge in [0.2, 0.25) is 5.95 Å². The van der Waals surface area contributed by atoms with Gasteiger partial charge in [-0.3, -0.25) is 0 Å².